The average molecular weight is 1120 g/mol. The molecule has 1 heterocycles. The van der Waals surface area contributed by atoms with Crippen molar-refractivity contribution in [3.05, 3.63) is 36.5 Å². The molecule has 0 bridgehead atoms. The molecule has 0 spiro atoms. The molecule has 9 heteroatoms. The number of aliphatic hydroxyl groups is 5. The fourth-order valence-electron chi connectivity index (χ4n) is 11.3. The first-order valence-electron chi connectivity index (χ1n) is 34.7. The molecule has 466 valence electrons. The van der Waals surface area contributed by atoms with E-state index >= 15 is 0 Å². The first-order chi connectivity index (χ1) is 38.8. The van der Waals surface area contributed by atoms with Crippen LogP contribution in [-0.2, 0) is 14.3 Å². The Hall–Kier alpha value is -1.59. The van der Waals surface area contributed by atoms with E-state index in [-0.39, 0.29) is 12.5 Å². The van der Waals surface area contributed by atoms with Gasteiger partial charge >= 0.3 is 0 Å². The van der Waals surface area contributed by atoms with Crippen LogP contribution < -0.4 is 5.32 Å². The van der Waals surface area contributed by atoms with Crippen molar-refractivity contribution < 1.29 is 39.8 Å². The monoisotopic (exact) mass is 1120 g/mol. The maximum atomic E-state index is 13.1. The minimum absolute atomic E-state index is 0.184. The second-order valence-corrected chi connectivity index (χ2v) is 24.3. The van der Waals surface area contributed by atoms with E-state index in [1.165, 1.54) is 283 Å². The highest BCUT2D eigenvalue weighted by molar-refractivity contribution is 5.76. The third kappa shape index (κ3) is 48.5. The zero-order chi connectivity index (χ0) is 57.2. The first-order valence-corrected chi connectivity index (χ1v) is 34.7. The Kier molecular flexibility index (Phi) is 56.9. The van der Waals surface area contributed by atoms with E-state index in [9.17, 15) is 30.3 Å². The van der Waals surface area contributed by atoms with Crippen LogP contribution in [0.3, 0.4) is 0 Å². The van der Waals surface area contributed by atoms with Crippen molar-refractivity contribution in [2.75, 3.05) is 13.2 Å². The van der Waals surface area contributed by atoms with E-state index in [2.05, 4.69) is 43.5 Å². The van der Waals surface area contributed by atoms with Crippen LogP contribution in [-0.4, -0.2) is 87.5 Å². The van der Waals surface area contributed by atoms with Gasteiger partial charge in [-0.05, 0) is 44.9 Å². The van der Waals surface area contributed by atoms with E-state index in [1.807, 2.05) is 6.08 Å². The van der Waals surface area contributed by atoms with Gasteiger partial charge in [-0.15, -0.1) is 0 Å². The quantitative estimate of drug-likeness (QED) is 0.0261. The minimum Gasteiger partial charge on any atom is -0.394 e. The summed E-state index contributed by atoms with van der Waals surface area (Å²) in [4.78, 5) is 13.1. The normalized spacial score (nSPS) is 18.7. The van der Waals surface area contributed by atoms with Crippen molar-refractivity contribution >= 4 is 5.91 Å². The van der Waals surface area contributed by atoms with Gasteiger partial charge < -0.3 is 40.3 Å². The van der Waals surface area contributed by atoms with Crippen molar-refractivity contribution in [2.45, 2.75) is 391 Å². The predicted octanol–water partition coefficient (Wildman–Crippen LogP) is 18.6. The number of unbranched alkanes of at least 4 members (excludes halogenated alkanes) is 47. The lowest BCUT2D eigenvalue weighted by Crippen LogP contribution is -2.60. The molecule has 6 N–H and O–H groups in total. The highest BCUT2D eigenvalue weighted by Gasteiger charge is 2.44. The van der Waals surface area contributed by atoms with Gasteiger partial charge in [0.05, 0.1) is 25.4 Å². The largest absolute Gasteiger partial charge is 0.394 e. The number of amides is 1. The van der Waals surface area contributed by atoms with E-state index in [4.69, 9.17) is 9.47 Å². The van der Waals surface area contributed by atoms with Crippen molar-refractivity contribution in [1.82, 2.24) is 5.32 Å². The number of aliphatic hydroxyl groups excluding tert-OH is 5. The van der Waals surface area contributed by atoms with Crippen molar-refractivity contribution in [1.29, 1.82) is 0 Å². The minimum atomic E-state index is -1.57. The van der Waals surface area contributed by atoms with Crippen LogP contribution in [0.5, 0.6) is 0 Å². The standard InChI is InChI=1S/C70H133NO8/c1-3-5-7-9-11-13-15-17-19-21-23-25-26-27-28-29-30-31-32-33-34-35-36-37-38-40-42-44-46-48-50-52-54-56-58-60-66(74)71-63(62-78-70-69(77)68(76)67(75)65(61-72)79-70)64(73)59-57-55-53-51-49-47-45-43-41-39-24-22-20-18-16-14-12-10-8-6-4-2/h41,43,49,51,57,59,63-65,67-70,72-73,75-77H,3-40,42,44-48,50,52-56,58,60-62H2,1-2H3,(H,71,74)/b43-41+,51-49+,59-57+. The van der Waals surface area contributed by atoms with Crippen molar-refractivity contribution in [2.24, 2.45) is 0 Å². The van der Waals surface area contributed by atoms with Gasteiger partial charge in [-0.3, -0.25) is 4.79 Å². The summed E-state index contributed by atoms with van der Waals surface area (Å²) in [6, 6.07) is -0.827. The second kappa shape index (κ2) is 59.6. The molecule has 0 aliphatic carbocycles. The van der Waals surface area contributed by atoms with Gasteiger partial charge in [0.2, 0.25) is 5.91 Å². The van der Waals surface area contributed by atoms with Crippen LogP contribution in [0.25, 0.3) is 0 Å². The molecule has 9 nitrogen and oxygen atoms in total. The summed E-state index contributed by atoms with van der Waals surface area (Å²) in [6.07, 6.45) is 72.7. The summed E-state index contributed by atoms with van der Waals surface area (Å²) in [5.41, 5.74) is 0. The Bertz CT molecular complexity index is 1340. The number of ether oxygens (including phenoxy) is 2. The molecule has 7 unspecified atom stereocenters. The highest BCUT2D eigenvalue weighted by Crippen LogP contribution is 2.23. The van der Waals surface area contributed by atoms with Gasteiger partial charge in [-0.1, -0.05) is 333 Å². The zero-order valence-corrected chi connectivity index (χ0v) is 52.2. The van der Waals surface area contributed by atoms with Gasteiger partial charge in [0.25, 0.3) is 0 Å². The summed E-state index contributed by atoms with van der Waals surface area (Å²) in [5, 5.41) is 54.6. The van der Waals surface area contributed by atoms with Crippen LogP contribution in [0.4, 0.5) is 0 Å². The Morgan fingerprint density at radius 2 is 0.722 bits per heavy atom. The van der Waals surface area contributed by atoms with Gasteiger partial charge in [0.15, 0.2) is 6.29 Å². The number of carbonyl (C=O) groups is 1. The number of nitrogens with one attached hydrogen (secondary N) is 1. The fourth-order valence-corrected chi connectivity index (χ4v) is 11.3. The molecule has 0 aromatic heterocycles. The second-order valence-electron chi connectivity index (χ2n) is 24.3. The van der Waals surface area contributed by atoms with Crippen LogP contribution >= 0.6 is 0 Å². The van der Waals surface area contributed by atoms with Crippen LogP contribution in [0.2, 0.25) is 0 Å². The molecule has 0 saturated carbocycles. The van der Waals surface area contributed by atoms with Crippen molar-refractivity contribution in [3.8, 4) is 0 Å². The average Bonchev–Trinajstić information content (AvgIpc) is 3.47. The molecule has 1 fully saturated rings. The van der Waals surface area contributed by atoms with Gasteiger partial charge in [-0.25, -0.2) is 0 Å². The molecule has 7 atom stereocenters. The Labute approximate surface area is 489 Å². The predicted molar refractivity (Wildman–Crippen MR) is 337 cm³/mol. The van der Waals surface area contributed by atoms with Gasteiger partial charge in [0, 0.05) is 6.42 Å². The SMILES string of the molecule is CCCCCCCCCCCCC/C=C/CC/C=C/CC/C=C/C(O)C(COC1OC(CO)C(O)C(O)C1O)NC(=O)CCCCCCCCCCCCCCCCCCCCCCCCCCCCCCCCCCCCC. The smallest absolute Gasteiger partial charge is 0.220 e. The van der Waals surface area contributed by atoms with E-state index in [1.54, 1.807) is 6.08 Å². The molecular weight excluding hydrogens is 983 g/mol. The number of hydrogen-bond acceptors (Lipinski definition) is 8. The molecule has 1 aliphatic rings. The number of allylic oxidation sites excluding steroid dienone is 5. The Morgan fingerprint density at radius 3 is 1.06 bits per heavy atom. The van der Waals surface area contributed by atoms with E-state index in [0.717, 1.165) is 44.9 Å². The summed E-state index contributed by atoms with van der Waals surface area (Å²) in [7, 11) is 0. The maximum absolute atomic E-state index is 13.1. The lowest BCUT2D eigenvalue weighted by molar-refractivity contribution is -0.302. The summed E-state index contributed by atoms with van der Waals surface area (Å²) in [6.45, 7) is 3.81. The molecular formula is C70H133NO8. The summed E-state index contributed by atoms with van der Waals surface area (Å²) in [5.74, 6) is -0.184. The van der Waals surface area contributed by atoms with Gasteiger partial charge in [-0.2, -0.15) is 0 Å². The Morgan fingerprint density at radius 1 is 0.418 bits per heavy atom. The fraction of sp³-hybridized carbons (Fsp3) is 0.900. The zero-order valence-electron chi connectivity index (χ0n) is 52.2. The Balaban J connectivity index is 2.11. The highest BCUT2D eigenvalue weighted by atomic mass is 16.7. The topological polar surface area (TPSA) is 149 Å². The van der Waals surface area contributed by atoms with Crippen LogP contribution in [0.15, 0.2) is 36.5 Å². The maximum Gasteiger partial charge on any atom is 0.220 e. The summed E-state index contributed by atoms with van der Waals surface area (Å²) >= 11 is 0. The van der Waals surface area contributed by atoms with Crippen molar-refractivity contribution in [3.63, 3.8) is 0 Å². The third-order valence-corrected chi connectivity index (χ3v) is 16.7. The number of carbonyl (C=O) groups excluding carboxylic acids is 1. The molecule has 1 rings (SSSR count). The molecule has 79 heavy (non-hydrogen) atoms. The third-order valence-electron chi connectivity index (χ3n) is 16.7. The molecule has 1 saturated heterocycles. The van der Waals surface area contributed by atoms with E-state index in [0.29, 0.717) is 6.42 Å². The molecule has 1 aliphatic heterocycles. The lowest BCUT2D eigenvalue weighted by Gasteiger charge is -2.40. The lowest BCUT2D eigenvalue weighted by atomic mass is 9.99. The van der Waals surface area contributed by atoms with Gasteiger partial charge in [0.1, 0.15) is 24.4 Å². The van der Waals surface area contributed by atoms with Crippen LogP contribution in [0, 0.1) is 0 Å². The molecule has 1 amide bonds. The van der Waals surface area contributed by atoms with E-state index < -0.39 is 49.5 Å². The molecule has 0 aromatic rings. The molecule has 0 radical (unpaired) electrons. The number of rotatable bonds is 61. The number of hydrogen-bond donors (Lipinski definition) is 6. The summed E-state index contributed by atoms with van der Waals surface area (Å²) < 4.78 is 11.3. The first kappa shape index (κ1) is 75.4. The van der Waals surface area contributed by atoms with Crippen LogP contribution in [0.1, 0.15) is 348 Å². The molecule has 0 aromatic carbocycles.